The second-order valence-corrected chi connectivity index (χ2v) is 5.67. The first-order chi connectivity index (χ1) is 12.1. The zero-order valence-corrected chi connectivity index (χ0v) is 13.9. The second-order valence-electron chi connectivity index (χ2n) is 5.67. The van der Waals surface area contributed by atoms with Crippen LogP contribution < -0.4 is 14.8 Å². The molecule has 0 aromatic heterocycles. The minimum atomic E-state index is -0.438. The third kappa shape index (κ3) is 4.50. The van der Waals surface area contributed by atoms with Gasteiger partial charge in [-0.25, -0.2) is 0 Å². The summed E-state index contributed by atoms with van der Waals surface area (Å²) in [5.41, 5.74) is 2.46. The van der Waals surface area contributed by atoms with Crippen molar-refractivity contribution >= 4 is 17.6 Å². The van der Waals surface area contributed by atoms with Crippen LogP contribution in [0.15, 0.2) is 42.5 Å². The molecule has 0 saturated heterocycles. The summed E-state index contributed by atoms with van der Waals surface area (Å²) in [6, 6.07) is 12.7. The summed E-state index contributed by atoms with van der Waals surface area (Å²) < 4.78 is 15.9. The Bertz CT molecular complexity index is 787. The fraction of sp³-hybridized carbons (Fsp3) is 0.263. The lowest BCUT2D eigenvalue weighted by atomic mass is 10.1. The van der Waals surface area contributed by atoms with Crippen molar-refractivity contribution in [3.63, 3.8) is 0 Å². The van der Waals surface area contributed by atoms with Crippen LogP contribution in [0.4, 0.5) is 5.69 Å². The van der Waals surface area contributed by atoms with Crippen LogP contribution in [0.25, 0.3) is 0 Å². The van der Waals surface area contributed by atoms with E-state index >= 15 is 0 Å². The number of carbonyl (C=O) groups excluding carboxylic acids is 2. The van der Waals surface area contributed by atoms with Crippen molar-refractivity contribution in [2.45, 2.75) is 13.3 Å². The molecule has 6 nitrogen and oxygen atoms in total. The van der Waals surface area contributed by atoms with E-state index in [2.05, 4.69) is 5.32 Å². The van der Waals surface area contributed by atoms with Crippen molar-refractivity contribution in [1.82, 2.24) is 0 Å². The lowest BCUT2D eigenvalue weighted by Gasteiger charge is -2.19. The lowest BCUT2D eigenvalue weighted by molar-refractivity contribution is -0.146. The fourth-order valence-corrected chi connectivity index (χ4v) is 2.48. The largest absolute Gasteiger partial charge is 0.486 e. The number of rotatable bonds is 5. The molecule has 1 aliphatic rings. The van der Waals surface area contributed by atoms with Gasteiger partial charge in [0, 0.05) is 11.8 Å². The number of nitrogens with one attached hydrogen (secondary N) is 1. The summed E-state index contributed by atoms with van der Waals surface area (Å²) in [5, 5.41) is 2.67. The monoisotopic (exact) mass is 341 g/mol. The van der Waals surface area contributed by atoms with Crippen LogP contribution in [0, 0.1) is 6.92 Å². The van der Waals surface area contributed by atoms with Gasteiger partial charge in [0.25, 0.3) is 5.91 Å². The Labute approximate surface area is 145 Å². The van der Waals surface area contributed by atoms with Gasteiger partial charge in [0.2, 0.25) is 0 Å². The van der Waals surface area contributed by atoms with Crippen LogP contribution in [-0.2, 0) is 20.7 Å². The Morgan fingerprint density at radius 1 is 1.08 bits per heavy atom. The molecule has 0 fully saturated rings. The van der Waals surface area contributed by atoms with Gasteiger partial charge in [-0.1, -0.05) is 24.3 Å². The van der Waals surface area contributed by atoms with Crippen LogP contribution >= 0.6 is 0 Å². The van der Waals surface area contributed by atoms with Gasteiger partial charge in [-0.2, -0.15) is 0 Å². The molecule has 130 valence electrons. The van der Waals surface area contributed by atoms with E-state index in [1.54, 1.807) is 18.2 Å². The molecule has 0 radical (unpaired) electrons. The van der Waals surface area contributed by atoms with Crippen molar-refractivity contribution in [1.29, 1.82) is 0 Å². The molecule has 0 atom stereocenters. The third-order valence-corrected chi connectivity index (χ3v) is 3.79. The van der Waals surface area contributed by atoms with Crippen LogP contribution in [0.5, 0.6) is 11.5 Å². The average Bonchev–Trinajstić information content (AvgIpc) is 2.62. The Morgan fingerprint density at radius 3 is 2.64 bits per heavy atom. The van der Waals surface area contributed by atoms with Crippen LogP contribution in [0.1, 0.15) is 11.1 Å². The Morgan fingerprint density at radius 2 is 1.84 bits per heavy atom. The molecule has 2 aromatic rings. The van der Waals surface area contributed by atoms with E-state index in [9.17, 15) is 9.59 Å². The quantitative estimate of drug-likeness (QED) is 0.846. The van der Waals surface area contributed by atoms with E-state index in [1.165, 1.54) is 0 Å². The normalized spacial score (nSPS) is 12.4. The molecule has 0 saturated carbocycles. The van der Waals surface area contributed by atoms with E-state index in [0.717, 1.165) is 11.1 Å². The van der Waals surface area contributed by atoms with E-state index in [4.69, 9.17) is 14.2 Å². The Kier molecular flexibility index (Phi) is 5.18. The van der Waals surface area contributed by atoms with Gasteiger partial charge in [-0.05, 0) is 30.2 Å². The van der Waals surface area contributed by atoms with Crippen molar-refractivity contribution in [2.24, 2.45) is 0 Å². The highest BCUT2D eigenvalue weighted by molar-refractivity contribution is 5.93. The maximum Gasteiger partial charge on any atom is 0.310 e. The highest BCUT2D eigenvalue weighted by atomic mass is 16.6. The molecule has 1 heterocycles. The smallest absolute Gasteiger partial charge is 0.310 e. The van der Waals surface area contributed by atoms with Gasteiger partial charge < -0.3 is 19.5 Å². The van der Waals surface area contributed by atoms with Gasteiger partial charge in [-0.3, -0.25) is 9.59 Å². The number of carbonyl (C=O) groups is 2. The standard InChI is InChI=1S/C19H19NO5/c1-13-4-2-3-5-14(13)10-19(22)25-12-18(21)20-15-6-7-16-17(11-15)24-9-8-23-16/h2-7,11H,8-10,12H2,1H3,(H,20,21). The topological polar surface area (TPSA) is 73.9 Å². The molecule has 0 unspecified atom stereocenters. The summed E-state index contributed by atoms with van der Waals surface area (Å²) in [4.78, 5) is 23.8. The van der Waals surface area contributed by atoms with Crippen LogP contribution in [0.2, 0.25) is 0 Å². The van der Waals surface area contributed by atoms with Gasteiger partial charge in [0.15, 0.2) is 18.1 Å². The minimum Gasteiger partial charge on any atom is -0.486 e. The van der Waals surface area contributed by atoms with Crippen LogP contribution in [0.3, 0.4) is 0 Å². The second kappa shape index (κ2) is 7.70. The molecular formula is C19H19NO5. The van der Waals surface area contributed by atoms with Crippen molar-refractivity contribution in [3.8, 4) is 11.5 Å². The molecule has 1 N–H and O–H groups in total. The van der Waals surface area contributed by atoms with Crippen LogP contribution in [-0.4, -0.2) is 31.7 Å². The first-order valence-electron chi connectivity index (χ1n) is 8.01. The fourth-order valence-electron chi connectivity index (χ4n) is 2.48. The molecule has 0 aliphatic carbocycles. The molecule has 2 aromatic carbocycles. The molecule has 3 rings (SSSR count). The van der Waals surface area contributed by atoms with Gasteiger partial charge >= 0.3 is 5.97 Å². The Balaban J connectivity index is 1.49. The summed E-state index contributed by atoms with van der Waals surface area (Å²) in [6.45, 7) is 2.58. The Hall–Kier alpha value is -3.02. The number of esters is 1. The maximum atomic E-state index is 11.9. The third-order valence-electron chi connectivity index (χ3n) is 3.79. The number of hydrogen-bond acceptors (Lipinski definition) is 5. The average molecular weight is 341 g/mol. The lowest BCUT2D eigenvalue weighted by Crippen LogP contribution is -2.22. The number of ether oxygens (including phenoxy) is 3. The molecule has 6 heteroatoms. The van der Waals surface area contributed by atoms with E-state index < -0.39 is 11.9 Å². The molecular weight excluding hydrogens is 322 g/mol. The first-order valence-corrected chi connectivity index (χ1v) is 8.01. The van der Waals surface area contributed by atoms with E-state index in [-0.39, 0.29) is 13.0 Å². The predicted molar refractivity (Wildman–Crippen MR) is 91.9 cm³/mol. The minimum absolute atomic E-state index is 0.143. The summed E-state index contributed by atoms with van der Waals surface area (Å²) >= 11 is 0. The number of hydrogen-bond donors (Lipinski definition) is 1. The van der Waals surface area contributed by atoms with Crippen molar-refractivity contribution < 1.29 is 23.8 Å². The molecule has 0 bridgehead atoms. The zero-order valence-electron chi connectivity index (χ0n) is 13.9. The number of benzene rings is 2. The van der Waals surface area contributed by atoms with Gasteiger partial charge in [0.05, 0.1) is 6.42 Å². The number of amides is 1. The molecule has 1 amide bonds. The zero-order chi connectivity index (χ0) is 17.6. The molecule has 1 aliphatic heterocycles. The van der Waals surface area contributed by atoms with Gasteiger partial charge in [0.1, 0.15) is 13.2 Å². The highest BCUT2D eigenvalue weighted by Gasteiger charge is 2.14. The van der Waals surface area contributed by atoms with Crippen molar-refractivity contribution in [2.75, 3.05) is 25.1 Å². The predicted octanol–water partition coefficient (Wildman–Crippen LogP) is 2.49. The molecule has 25 heavy (non-hydrogen) atoms. The van der Waals surface area contributed by atoms with Crippen molar-refractivity contribution in [3.05, 3.63) is 53.6 Å². The maximum absolute atomic E-state index is 11.9. The van der Waals surface area contributed by atoms with Gasteiger partial charge in [-0.15, -0.1) is 0 Å². The summed E-state index contributed by atoms with van der Waals surface area (Å²) in [6.07, 6.45) is 0.143. The number of fused-ring (bicyclic) bond motifs is 1. The highest BCUT2D eigenvalue weighted by Crippen LogP contribution is 2.32. The summed E-state index contributed by atoms with van der Waals surface area (Å²) in [5.74, 6) is 0.385. The number of anilines is 1. The first kappa shape index (κ1) is 16.8. The SMILES string of the molecule is Cc1ccccc1CC(=O)OCC(=O)Nc1ccc2c(c1)OCCO2. The molecule has 0 spiro atoms. The number of aryl methyl sites for hydroxylation is 1. The van der Waals surface area contributed by atoms with E-state index in [1.807, 2.05) is 31.2 Å². The van der Waals surface area contributed by atoms with E-state index in [0.29, 0.717) is 30.4 Å². The summed E-state index contributed by atoms with van der Waals surface area (Å²) in [7, 11) is 0.